The number of likely N-dealkylation sites (N-methyl/N-ethyl adjacent to an activating group) is 1. The minimum absolute atomic E-state index is 0.131. The Morgan fingerprint density at radius 3 is 2.36 bits per heavy atom. The Kier molecular flexibility index (Phi) is 5.64. The normalized spacial score (nSPS) is 13.2. The largest absolute Gasteiger partial charge is 0.444 e. The highest BCUT2D eigenvalue weighted by Crippen LogP contribution is 2.21. The van der Waals surface area contributed by atoms with Gasteiger partial charge in [0.25, 0.3) is 10.0 Å². The number of carbonyl (C=O) groups excluding carboxylic acids is 1. The van der Waals surface area contributed by atoms with Gasteiger partial charge in [-0.05, 0) is 46.1 Å². The first-order chi connectivity index (χ1) is 9.83. The van der Waals surface area contributed by atoms with Crippen molar-refractivity contribution in [3.8, 4) is 0 Å². The van der Waals surface area contributed by atoms with Crippen LogP contribution in [0.1, 0.15) is 34.6 Å². The molecular formula is C14H24N2O4S2. The van der Waals surface area contributed by atoms with Gasteiger partial charge in [-0.3, -0.25) is 0 Å². The maximum Gasteiger partial charge on any atom is 0.408 e. The molecule has 1 aromatic rings. The molecule has 0 bridgehead atoms. The van der Waals surface area contributed by atoms with E-state index in [0.29, 0.717) is 0 Å². The molecule has 0 atom stereocenters. The van der Waals surface area contributed by atoms with Crippen LogP contribution < -0.4 is 5.32 Å². The summed E-state index contributed by atoms with van der Waals surface area (Å²) in [4.78, 5) is 11.8. The summed E-state index contributed by atoms with van der Waals surface area (Å²) in [6.45, 7) is 8.94. The van der Waals surface area contributed by atoms with E-state index in [2.05, 4.69) is 5.32 Å². The average molecular weight is 348 g/mol. The van der Waals surface area contributed by atoms with Gasteiger partial charge in [0, 0.05) is 13.6 Å². The van der Waals surface area contributed by atoms with Crippen LogP contribution in [-0.2, 0) is 14.8 Å². The van der Waals surface area contributed by atoms with Gasteiger partial charge in [0.05, 0.1) is 5.54 Å². The maximum absolute atomic E-state index is 12.4. The summed E-state index contributed by atoms with van der Waals surface area (Å²) in [6, 6.07) is 3.25. The number of nitrogens with one attached hydrogen (secondary N) is 1. The molecular weight excluding hydrogens is 324 g/mol. The van der Waals surface area contributed by atoms with Gasteiger partial charge in [-0.1, -0.05) is 6.07 Å². The summed E-state index contributed by atoms with van der Waals surface area (Å²) in [6.07, 6.45) is -0.570. The fourth-order valence-electron chi connectivity index (χ4n) is 1.82. The van der Waals surface area contributed by atoms with Gasteiger partial charge in [0.15, 0.2) is 0 Å². The second-order valence-electron chi connectivity index (χ2n) is 6.70. The number of hydrogen-bond donors (Lipinski definition) is 1. The van der Waals surface area contributed by atoms with E-state index in [0.717, 1.165) is 11.3 Å². The van der Waals surface area contributed by atoms with Gasteiger partial charge in [-0.25, -0.2) is 13.2 Å². The summed E-state index contributed by atoms with van der Waals surface area (Å²) in [5.74, 6) is 0. The molecule has 0 radical (unpaired) electrons. The van der Waals surface area contributed by atoms with Crippen LogP contribution in [0, 0.1) is 0 Å². The smallest absolute Gasteiger partial charge is 0.408 e. The van der Waals surface area contributed by atoms with Crippen molar-refractivity contribution in [2.24, 2.45) is 0 Å². The molecule has 1 rings (SSSR count). The standard InChI is InChI=1S/C14H24N2O4S2/c1-13(2,3)20-12(17)15-14(4,5)10-16(6)22(18,19)11-8-7-9-21-11/h7-9H,10H2,1-6H3,(H,15,17). The summed E-state index contributed by atoms with van der Waals surface area (Å²) >= 11 is 1.16. The molecule has 126 valence electrons. The molecule has 1 N–H and O–H groups in total. The number of hydrogen-bond acceptors (Lipinski definition) is 5. The lowest BCUT2D eigenvalue weighted by molar-refractivity contribution is 0.0464. The quantitative estimate of drug-likeness (QED) is 0.887. The summed E-state index contributed by atoms with van der Waals surface area (Å²) in [5.41, 5.74) is -1.36. The van der Waals surface area contributed by atoms with Crippen molar-refractivity contribution < 1.29 is 17.9 Å². The van der Waals surface area contributed by atoms with E-state index >= 15 is 0 Å². The minimum Gasteiger partial charge on any atom is -0.444 e. The van der Waals surface area contributed by atoms with Crippen LogP contribution in [0.4, 0.5) is 4.79 Å². The number of alkyl carbamates (subject to hydrolysis) is 1. The molecule has 0 aromatic carbocycles. The van der Waals surface area contributed by atoms with Gasteiger partial charge in [0.1, 0.15) is 9.81 Å². The molecule has 0 saturated carbocycles. The zero-order valence-corrected chi connectivity index (χ0v) is 15.5. The van der Waals surface area contributed by atoms with Crippen LogP contribution in [0.5, 0.6) is 0 Å². The van der Waals surface area contributed by atoms with E-state index in [1.165, 1.54) is 11.4 Å². The lowest BCUT2D eigenvalue weighted by atomic mass is 10.1. The molecule has 6 nitrogen and oxygen atoms in total. The van der Waals surface area contributed by atoms with Gasteiger partial charge in [-0.15, -0.1) is 11.3 Å². The number of sulfonamides is 1. The van der Waals surface area contributed by atoms with E-state index in [4.69, 9.17) is 4.74 Å². The zero-order chi connectivity index (χ0) is 17.2. The van der Waals surface area contributed by atoms with Crippen LogP contribution >= 0.6 is 11.3 Å². The zero-order valence-electron chi connectivity index (χ0n) is 13.8. The molecule has 1 heterocycles. The fraction of sp³-hybridized carbons (Fsp3) is 0.643. The molecule has 1 amide bonds. The monoisotopic (exact) mass is 348 g/mol. The van der Waals surface area contributed by atoms with Crippen molar-refractivity contribution in [3.63, 3.8) is 0 Å². The van der Waals surface area contributed by atoms with Crippen molar-refractivity contribution in [2.45, 2.75) is 50.0 Å². The van der Waals surface area contributed by atoms with E-state index in [1.807, 2.05) is 0 Å². The van der Waals surface area contributed by atoms with E-state index in [-0.39, 0.29) is 10.8 Å². The maximum atomic E-state index is 12.4. The molecule has 0 unspecified atom stereocenters. The third kappa shape index (κ3) is 5.58. The van der Waals surface area contributed by atoms with Crippen LogP contribution in [0.15, 0.2) is 21.7 Å². The Hall–Kier alpha value is -1.12. The highest BCUT2D eigenvalue weighted by molar-refractivity contribution is 7.91. The van der Waals surface area contributed by atoms with Crippen LogP contribution in [0.3, 0.4) is 0 Å². The Bertz CT molecular complexity index is 601. The van der Waals surface area contributed by atoms with E-state index in [9.17, 15) is 13.2 Å². The number of rotatable bonds is 5. The third-order valence-electron chi connectivity index (χ3n) is 2.62. The van der Waals surface area contributed by atoms with E-state index < -0.39 is 27.3 Å². The second kappa shape index (κ2) is 6.55. The van der Waals surface area contributed by atoms with Crippen molar-refractivity contribution in [1.82, 2.24) is 9.62 Å². The highest BCUT2D eigenvalue weighted by Gasteiger charge is 2.31. The number of nitrogens with zero attached hydrogens (tertiary/aromatic N) is 1. The Labute approximate surface area is 136 Å². The van der Waals surface area contributed by atoms with Gasteiger partial charge < -0.3 is 10.1 Å². The van der Waals surface area contributed by atoms with Crippen LogP contribution in [0.2, 0.25) is 0 Å². The van der Waals surface area contributed by atoms with Crippen molar-refractivity contribution >= 4 is 27.5 Å². The SMILES string of the molecule is CN(CC(C)(C)NC(=O)OC(C)(C)C)S(=O)(=O)c1cccs1. The highest BCUT2D eigenvalue weighted by atomic mass is 32.2. The van der Waals surface area contributed by atoms with Crippen LogP contribution in [-0.4, -0.2) is 43.5 Å². The predicted octanol–water partition coefficient (Wildman–Crippen LogP) is 2.67. The number of amides is 1. The van der Waals surface area contributed by atoms with Gasteiger partial charge >= 0.3 is 6.09 Å². The van der Waals surface area contributed by atoms with Gasteiger partial charge in [-0.2, -0.15) is 4.31 Å². The van der Waals surface area contributed by atoms with Crippen LogP contribution in [0.25, 0.3) is 0 Å². The van der Waals surface area contributed by atoms with E-state index in [1.54, 1.807) is 52.1 Å². The molecule has 0 aliphatic carbocycles. The molecule has 0 aliphatic rings. The minimum atomic E-state index is -3.54. The lowest BCUT2D eigenvalue weighted by Crippen LogP contribution is -2.52. The van der Waals surface area contributed by atoms with Gasteiger partial charge in [0.2, 0.25) is 0 Å². The van der Waals surface area contributed by atoms with Crippen molar-refractivity contribution in [2.75, 3.05) is 13.6 Å². The molecule has 1 aromatic heterocycles. The molecule has 8 heteroatoms. The first kappa shape index (κ1) is 18.9. The molecule has 0 fully saturated rings. The Balaban J connectivity index is 2.74. The number of ether oxygens (including phenoxy) is 1. The topological polar surface area (TPSA) is 75.7 Å². The van der Waals surface area contributed by atoms with Crippen molar-refractivity contribution in [3.05, 3.63) is 17.5 Å². The molecule has 22 heavy (non-hydrogen) atoms. The fourth-order valence-corrected chi connectivity index (χ4v) is 4.36. The molecule has 0 saturated heterocycles. The Morgan fingerprint density at radius 2 is 1.91 bits per heavy atom. The third-order valence-corrected chi connectivity index (χ3v) is 5.79. The molecule has 0 spiro atoms. The Morgan fingerprint density at radius 1 is 1.32 bits per heavy atom. The predicted molar refractivity (Wildman–Crippen MR) is 87.6 cm³/mol. The summed E-state index contributed by atoms with van der Waals surface area (Å²) in [5, 5.41) is 4.41. The molecule has 0 aliphatic heterocycles. The van der Waals surface area contributed by atoms with Crippen molar-refractivity contribution in [1.29, 1.82) is 0 Å². The first-order valence-corrected chi connectivity index (χ1v) is 9.16. The number of carbonyl (C=O) groups is 1. The first-order valence-electron chi connectivity index (χ1n) is 6.84. The summed E-state index contributed by atoms with van der Waals surface area (Å²) in [7, 11) is -2.05. The number of thiophene rings is 1. The lowest BCUT2D eigenvalue weighted by Gasteiger charge is -2.31. The average Bonchev–Trinajstić information content (AvgIpc) is 2.77. The second-order valence-corrected chi connectivity index (χ2v) is 9.92. The summed E-state index contributed by atoms with van der Waals surface area (Å²) < 4.78 is 31.5.